The normalized spacial score (nSPS) is 11.8. The monoisotopic (exact) mass is 471 g/mol. The highest BCUT2D eigenvalue weighted by atomic mass is 32.2. The molecular formula is C20H17F4N3O4S. The average molecular weight is 471 g/mol. The van der Waals surface area contributed by atoms with Crippen molar-refractivity contribution in [2.75, 3.05) is 18.5 Å². The Labute approximate surface area is 181 Å². The standard InChI is InChI=1S/C20H17F4N3O4S/c1-30-14-4-3-13(18(9-14)31-2)11-27(19-7-8-25-12-26-19)32(28,29)15-5-6-17(21)16(10-15)20(22,23)24/h3-10,12H,11H2,1-2H3. The van der Waals surface area contributed by atoms with Crippen molar-refractivity contribution in [3.05, 3.63) is 71.9 Å². The molecule has 0 aliphatic rings. The Morgan fingerprint density at radius 1 is 1.03 bits per heavy atom. The van der Waals surface area contributed by atoms with Gasteiger partial charge in [-0.3, -0.25) is 0 Å². The molecule has 12 heteroatoms. The van der Waals surface area contributed by atoms with Crippen LogP contribution in [-0.2, 0) is 22.7 Å². The second-order valence-electron chi connectivity index (χ2n) is 6.40. The fourth-order valence-corrected chi connectivity index (χ4v) is 4.29. The van der Waals surface area contributed by atoms with Gasteiger partial charge in [-0.05, 0) is 30.3 Å². The van der Waals surface area contributed by atoms with Crippen LogP contribution in [0.4, 0.5) is 23.4 Å². The Hall–Kier alpha value is -3.41. The van der Waals surface area contributed by atoms with Gasteiger partial charge in [0.05, 0.1) is 31.2 Å². The predicted molar refractivity (Wildman–Crippen MR) is 106 cm³/mol. The zero-order valence-corrected chi connectivity index (χ0v) is 17.6. The lowest BCUT2D eigenvalue weighted by molar-refractivity contribution is -0.140. The number of alkyl halides is 3. The molecule has 0 saturated carbocycles. The van der Waals surface area contributed by atoms with Crippen molar-refractivity contribution in [1.29, 1.82) is 0 Å². The van der Waals surface area contributed by atoms with Gasteiger partial charge in [0.2, 0.25) is 0 Å². The first kappa shape index (κ1) is 23.3. The van der Waals surface area contributed by atoms with E-state index in [1.165, 1.54) is 32.5 Å². The quantitative estimate of drug-likeness (QED) is 0.484. The van der Waals surface area contributed by atoms with E-state index in [0.717, 1.165) is 16.7 Å². The molecule has 1 aromatic heterocycles. The van der Waals surface area contributed by atoms with Crippen LogP contribution in [0.25, 0.3) is 0 Å². The number of halogens is 4. The highest BCUT2D eigenvalue weighted by Gasteiger charge is 2.36. The van der Waals surface area contributed by atoms with Gasteiger partial charge in [0.15, 0.2) is 0 Å². The van der Waals surface area contributed by atoms with Crippen LogP contribution in [-0.4, -0.2) is 32.6 Å². The van der Waals surface area contributed by atoms with E-state index < -0.39 is 32.5 Å². The SMILES string of the molecule is COc1ccc(CN(c2ccncn2)S(=O)(=O)c2ccc(F)c(C(F)(F)F)c2)c(OC)c1. The van der Waals surface area contributed by atoms with Gasteiger partial charge < -0.3 is 9.47 Å². The van der Waals surface area contributed by atoms with Gasteiger partial charge in [0.1, 0.15) is 29.5 Å². The molecule has 3 rings (SSSR count). The van der Waals surface area contributed by atoms with E-state index in [0.29, 0.717) is 17.4 Å². The van der Waals surface area contributed by atoms with E-state index in [2.05, 4.69) is 9.97 Å². The fourth-order valence-electron chi connectivity index (χ4n) is 2.87. The summed E-state index contributed by atoms with van der Waals surface area (Å²) in [6.07, 6.45) is -2.70. The molecule has 0 amide bonds. The molecule has 7 nitrogen and oxygen atoms in total. The molecule has 1 heterocycles. The predicted octanol–water partition coefficient (Wildman–Crippen LogP) is 4.05. The van der Waals surface area contributed by atoms with Gasteiger partial charge in [0, 0.05) is 23.9 Å². The number of rotatable bonds is 7. The first-order valence-electron chi connectivity index (χ1n) is 8.94. The largest absolute Gasteiger partial charge is 0.497 e. The summed E-state index contributed by atoms with van der Waals surface area (Å²) in [4.78, 5) is 6.90. The number of ether oxygens (including phenoxy) is 2. The molecule has 0 fully saturated rings. The Bertz CT molecular complexity index is 1210. The van der Waals surface area contributed by atoms with E-state index in [9.17, 15) is 26.0 Å². The van der Waals surface area contributed by atoms with Crippen LogP contribution in [0, 0.1) is 5.82 Å². The van der Waals surface area contributed by atoms with Crippen molar-refractivity contribution in [3.8, 4) is 11.5 Å². The highest BCUT2D eigenvalue weighted by molar-refractivity contribution is 7.92. The van der Waals surface area contributed by atoms with Gasteiger partial charge in [-0.25, -0.2) is 27.1 Å². The maximum Gasteiger partial charge on any atom is 0.419 e. The van der Waals surface area contributed by atoms with Crippen molar-refractivity contribution in [3.63, 3.8) is 0 Å². The molecule has 32 heavy (non-hydrogen) atoms. The number of nitrogens with zero attached hydrogens (tertiary/aromatic N) is 3. The third-order valence-electron chi connectivity index (χ3n) is 4.46. The van der Waals surface area contributed by atoms with E-state index in [4.69, 9.17) is 9.47 Å². The maximum absolute atomic E-state index is 13.7. The lowest BCUT2D eigenvalue weighted by atomic mass is 10.2. The number of aromatic nitrogens is 2. The van der Waals surface area contributed by atoms with Crippen LogP contribution in [0.3, 0.4) is 0 Å². The summed E-state index contributed by atoms with van der Waals surface area (Å²) in [6.45, 7) is -0.342. The second kappa shape index (κ2) is 8.99. The molecule has 0 unspecified atom stereocenters. The number of sulfonamides is 1. The Morgan fingerprint density at radius 2 is 1.78 bits per heavy atom. The summed E-state index contributed by atoms with van der Waals surface area (Å²) in [5.41, 5.74) is -1.31. The minimum Gasteiger partial charge on any atom is -0.497 e. The lowest BCUT2D eigenvalue weighted by Gasteiger charge is -2.25. The Kier molecular flexibility index (Phi) is 6.53. The minimum atomic E-state index is -5.07. The maximum atomic E-state index is 13.7. The first-order valence-corrected chi connectivity index (χ1v) is 10.4. The van der Waals surface area contributed by atoms with Crippen LogP contribution >= 0.6 is 0 Å². The van der Waals surface area contributed by atoms with Crippen molar-refractivity contribution >= 4 is 15.8 Å². The number of anilines is 1. The molecule has 0 aliphatic carbocycles. The zero-order valence-electron chi connectivity index (χ0n) is 16.8. The smallest absolute Gasteiger partial charge is 0.419 e. The molecule has 0 radical (unpaired) electrons. The third-order valence-corrected chi connectivity index (χ3v) is 6.21. The Morgan fingerprint density at radius 3 is 2.38 bits per heavy atom. The van der Waals surface area contributed by atoms with Gasteiger partial charge >= 0.3 is 6.18 Å². The van der Waals surface area contributed by atoms with Crippen molar-refractivity contribution in [1.82, 2.24) is 9.97 Å². The van der Waals surface area contributed by atoms with E-state index in [1.807, 2.05) is 0 Å². The van der Waals surface area contributed by atoms with Gasteiger partial charge in [-0.2, -0.15) is 13.2 Å². The average Bonchev–Trinajstić information content (AvgIpc) is 2.77. The van der Waals surface area contributed by atoms with Gasteiger partial charge in [0.25, 0.3) is 10.0 Å². The number of hydrogen-bond acceptors (Lipinski definition) is 6. The van der Waals surface area contributed by atoms with Crippen molar-refractivity contribution in [2.45, 2.75) is 17.6 Å². The number of benzene rings is 2. The van der Waals surface area contributed by atoms with Crippen LogP contribution in [0.1, 0.15) is 11.1 Å². The van der Waals surface area contributed by atoms with E-state index >= 15 is 0 Å². The van der Waals surface area contributed by atoms with Gasteiger partial charge in [-0.1, -0.05) is 0 Å². The third kappa shape index (κ3) is 4.74. The summed E-state index contributed by atoms with van der Waals surface area (Å²) in [5.74, 6) is -0.943. The number of hydrogen-bond donors (Lipinski definition) is 0. The molecule has 3 aromatic rings. The molecule has 0 bridgehead atoms. The van der Waals surface area contributed by atoms with Crippen LogP contribution in [0.15, 0.2) is 59.9 Å². The molecule has 0 saturated heterocycles. The van der Waals surface area contributed by atoms with Crippen LogP contribution < -0.4 is 13.8 Å². The molecule has 0 aliphatic heterocycles. The molecule has 170 valence electrons. The first-order chi connectivity index (χ1) is 15.1. The van der Waals surface area contributed by atoms with Crippen molar-refractivity contribution < 1.29 is 35.5 Å². The molecular weight excluding hydrogens is 454 g/mol. The number of methoxy groups -OCH3 is 2. The summed E-state index contributed by atoms with van der Waals surface area (Å²) in [5, 5.41) is 0. The molecule has 0 N–H and O–H groups in total. The fraction of sp³-hybridized carbons (Fsp3) is 0.200. The van der Waals surface area contributed by atoms with Crippen LogP contribution in [0.5, 0.6) is 11.5 Å². The summed E-state index contributed by atoms with van der Waals surface area (Å²) in [7, 11) is -1.79. The summed E-state index contributed by atoms with van der Waals surface area (Å²) >= 11 is 0. The Balaban J connectivity index is 2.14. The van der Waals surface area contributed by atoms with Crippen molar-refractivity contribution in [2.24, 2.45) is 0 Å². The topological polar surface area (TPSA) is 81.6 Å². The van der Waals surface area contributed by atoms with E-state index in [-0.39, 0.29) is 24.2 Å². The zero-order chi connectivity index (χ0) is 23.5. The second-order valence-corrected chi connectivity index (χ2v) is 8.26. The molecule has 2 aromatic carbocycles. The summed E-state index contributed by atoms with van der Waals surface area (Å²) < 4.78 is 91.1. The summed E-state index contributed by atoms with van der Waals surface area (Å²) in [6, 6.07) is 7.41. The van der Waals surface area contributed by atoms with Crippen LogP contribution in [0.2, 0.25) is 0 Å². The minimum absolute atomic E-state index is 0.101. The highest BCUT2D eigenvalue weighted by Crippen LogP contribution is 2.35. The lowest BCUT2D eigenvalue weighted by Crippen LogP contribution is -2.32. The van der Waals surface area contributed by atoms with Gasteiger partial charge in [-0.15, -0.1) is 0 Å². The van der Waals surface area contributed by atoms with E-state index in [1.54, 1.807) is 12.1 Å². The molecule has 0 spiro atoms. The molecule has 0 atom stereocenters.